The molecule has 0 atom stereocenters. The summed E-state index contributed by atoms with van der Waals surface area (Å²) < 4.78 is 14.1. The first-order valence-corrected chi connectivity index (χ1v) is 12.3. The molecule has 0 aliphatic carbocycles. The molecule has 1 aromatic heterocycles. The van der Waals surface area contributed by atoms with Crippen LogP contribution >= 0.6 is 47.8 Å². The fraction of sp³-hybridized carbons (Fsp3) is 0.273. The second-order valence-electron chi connectivity index (χ2n) is 7.18. The number of ether oxygens (including phenoxy) is 2. The van der Waals surface area contributed by atoms with Crippen LogP contribution in [0.5, 0.6) is 11.5 Å². The van der Waals surface area contributed by atoms with Gasteiger partial charge in [-0.25, -0.2) is 9.78 Å². The third kappa shape index (κ3) is 5.64. The van der Waals surface area contributed by atoms with Gasteiger partial charge in [-0.15, -0.1) is 0 Å². The van der Waals surface area contributed by atoms with Gasteiger partial charge in [0, 0.05) is 20.4 Å². The number of aliphatic carboxylic acids is 1. The Bertz CT molecular complexity index is 1300. The Hall–Kier alpha value is -2.24. The molecule has 1 N–H and O–H groups in total. The summed E-state index contributed by atoms with van der Waals surface area (Å²) in [5.41, 5.74) is 0.896. The SMILES string of the molecule is CCOc1cc(C=Nn2c(C(C)C)nc3ccc(Br)cc3c2=O)c(Br)c(Br)c1OCC(=O)O. The molecular formula is C22H20Br3N3O5. The zero-order chi connectivity index (χ0) is 24.3. The van der Waals surface area contributed by atoms with Crippen molar-refractivity contribution in [3.05, 3.63) is 59.4 Å². The van der Waals surface area contributed by atoms with Crippen LogP contribution in [0.15, 0.2) is 47.6 Å². The maximum atomic E-state index is 13.2. The van der Waals surface area contributed by atoms with E-state index < -0.39 is 12.6 Å². The van der Waals surface area contributed by atoms with E-state index in [4.69, 9.17) is 14.6 Å². The Kier molecular flexibility index (Phi) is 8.30. The molecule has 174 valence electrons. The molecule has 0 bridgehead atoms. The molecule has 0 saturated carbocycles. The van der Waals surface area contributed by atoms with E-state index in [1.807, 2.05) is 19.9 Å². The average molecular weight is 646 g/mol. The van der Waals surface area contributed by atoms with Crippen LogP contribution in [0.25, 0.3) is 10.9 Å². The summed E-state index contributed by atoms with van der Waals surface area (Å²) in [6, 6.07) is 7.00. The number of halogens is 3. The molecule has 0 fully saturated rings. The largest absolute Gasteiger partial charge is 0.490 e. The lowest BCUT2D eigenvalue weighted by Gasteiger charge is -2.15. The topological polar surface area (TPSA) is 103 Å². The van der Waals surface area contributed by atoms with E-state index in [0.717, 1.165) is 4.47 Å². The highest BCUT2D eigenvalue weighted by Crippen LogP contribution is 2.42. The number of hydrogen-bond donors (Lipinski definition) is 1. The van der Waals surface area contributed by atoms with Crippen molar-refractivity contribution in [2.24, 2.45) is 5.10 Å². The van der Waals surface area contributed by atoms with E-state index in [-0.39, 0.29) is 17.2 Å². The highest BCUT2D eigenvalue weighted by Gasteiger charge is 2.19. The van der Waals surface area contributed by atoms with Gasteiger partial charge in [-0.05, 0) is 63.0 Å². The number of fused-ring (bicyclic) bond motifs is 1. The van der Waals surface area contributed by atoms with E-state index in [0.29, 0.717) is 43.6 Å². The number of rotatable bonds is 8. The quantitative estimate of drug-likeness (QED) is 0.322. The van der Waals surface area contributed by atoms with Gasteiger partial charge < -0.3 is 14.6 Å². The first-order chi connectivity index (χ1) is 15.6. The van der Waals surface area contributed by atoms with Gasteiger partial charge in [-0.3, -0.25) is 4.79 Å². The predicted molar refractivity (Wildman–Crippen MR) is 137 cm³/mol. The number of aromatic nitrogens is 2. The number of carbonyl (C=O) groups is 1. The lowest BCUT2D eigenvalue weighted by molar-refractivity contribution is -0.139. The summed E-state index contributed by atoms with van der Waals surface area (Å²) in [6.45, 7) is 5.50. The van der Waals surface area contributed by atoms with Crippen molar-refractivity contribution in [3.63, 3.8) is 0 Å². The lowest BCUT2D eigenvalue weighted by atomic mass is 10.2. The van der Waals surface area contributed by atoms with Gasteiger partial charge in [-0.1, -0.05) is 29.8 Å². The van der Waals surface area contributed by atoms with E-state index in [1.165, 1.54) is 10.9 Å². The Morgan fingerprint density at radius 3 is 2.58 bits per heavy atom. The van der Waals surface area contributed by atoms with Gasteiger partial charge in [0.05, 0.1) is 28.2 Å². The summed E-state index contributed by atoms with van der Waals surface area (Å²) >= 11 is 10.3. The molecule has 0 amide bonds. The zero-order valence-electron chi connectivity index (χ0n) is 17.9. The molecule has 1 heterocycles. The van der Waals surface area contributed by atoms with Crippen LogP contribution in [-0.2, 0) is 4.79 Å². The molecule has 0 aliphatic heterocycles. The fourth-order valence-electron chi connectivity index (χ4n) is 3.00. The van der Waals surface area contributed by atoms with Crippen LogP contribution in [0.3, 0.4) is 0 Å². The van der Waals surface area contributed by atoms with Crippen LogP contribution < -0.4 is 15.0 Å². The molecule has 0 saturated heterocycles. The van der Waals surface area contributed by atoms with Crippen molar-refractivity contribution in [2.45, 2.75) is 26.7 Å². The van der Waals surface area contributed by atoms with Crippen LogP contribution in [0.4, 0.5) is 0 Å². The standard InChI is InChI=1S/C22H20Br3N3O5/c1-4-32-16-7-12(18(24)19(25)20(16)33-10-17(29)30)9-26-28-21(11(2)3)27-15-6-5-13(23)8-14(15)22(28)31/h5-9,11H,4,10H2,1-3H3,(H,29,30). The summed E-state index contributed by atoms with van der Waals surface area (Å²) in [5, 5.41) is 13.8. The normalized spacial score (nSPS) is 11.5. The van der Waals surface area contributed by atoms with Crippen molar-refractivity contribution in [1.82, 2.24) is 9.66 Å². The van der Waals surface area contributed by atoms with Crippen LogP contribution in [0, 0.1) is 0 Å². The second kappa shape index (κ2) is 10.8. The molecule has 0 aliphatic rings. The smallest absolute Gasteiger partial charge is 0.341 e. The van der Waals surface area contributed by atoms with Gasteiger partial charge in [0.2, 0.25) is 0 Å². The van der Waals surface area contributed by atoms with Crippen LogP contribution in [-0.4, -0.2) is 40.2 Å². The van der Waals surface area contributed by atoms with Crippen LogP contribution in [0.2, 0.25) is 0 Å². The Morgan fingerprint density at radius 1 is 1.21 bits per heavy atom. The molecule has 2 aromatic carbocycles. The second-order valence-corrected chi connectivity index (χ2v) is 9.69. The molecule has 3 rings (SSSR count). The highest BCUT2D eigenvalue weighted by atomic mass is 79.9. The zero-order valence-corrected chi connectivity index (χ0v) is 22.7. The van der Waals surface area contributed by atoms with Crippen molar-refractivity contribution in [2.75, 3.05) is 13.2 Å². The first-order valence-electron chi connectivity index (χ1n) is 9.90. The molecular weight excluding hydrogens is 626 g/mol. The van der Waals surface area contributed by atoms with Gasteiger partial charge in [0.1, 0.15) is 5.82 Å². The van der Waals surface area contributed by atoms with Gasteiger partial charge >= 0.3 is 5.97 Å². The van der Waals surface area contributed by atoms with E-state index >= 15 is 0 Å². The molecule has 0 unspecified atom stereocenters. The number of hydrogen-bond acceptors (Lipinski definition) is 6. The van der Waals surface area contributed by atoms with Crippen molar-refractivity contribution in [3.8, 4) is 11.5 Å². The Labute approximate surface area is 215 Å². The summed E-state index contributed by atoms with van der Waals surface area (Å²) in [5.74, 6) is -0.0495. The number of carboxylic acid groups (broad SMARTS) is 1. The summed E-state index contributed by atoms with van der Waals surface area (Å²) in [4.78, 5) is 28.8. The molecule has 33 heavy (non-hydrogen) atoms. The van der Waals surface area contributed by atoms with Crippen molar-refractivity contribution >= 4 is 70.9 Å². The van der Waals surface area contributed by atoms with E-state index in [9.17, 15) is 9.59 Å². The minimum Gasteiger partial charge on any atom is -0.490 e. The molecule has 3 aromatic rings. The fourth-order valence-corrected chi connectivity index (χ4v) is 4.30. The summed E-state index contributed by atoms with van der Waals surface area (Å²) in [7, 11) is 0. The Morgan fingerprint density at radius 2 is 1.94 bits per heavy atom. The van der Waals surface area contributed by atoms with Crippen molar-refractivity contribution in [1.29, 1.82) is 0 Å². The Balaban J connectivity index is 2.14. The van der Waals surface area contributed by atoms with Gasteiger partial charge in [0.15, 0.2) is 18.1 Å². The maximum absolute atomic E-state index is 13.2. The average Bonchev–Trinajstić information content (AvgIpc) is 2.76. The number of nitrogens with zero attached hydrogens (tertiary/aromatic N) is 3. The van der Waals surface area contributed by atoms with Crippen molar-refractivity contribution < 1.29 is 19.4 Å². The summed E-state index contributed by atoms with van der Waals surface area (Å²) in [6.07, 6.45) is 1.51. The van der Waals surface area contributed by atoms with Gasteiger partial charge in [-0.2, -0.15) is 9.78 Å². The maximum Gasteiger partial charge on any atom is 0.341 e. The number of benzene rings is 2. The molecule has 11 heteroatoms. The minimum atomic E-state index is -1.11. The third-order valence-electron chi connectivity index (χ3n) is 4.46. The van der Waals surface area contributed by atoms with Gasteiger partial charge in [0.25, 0.3) is 5.56 Å². The third-order valence-corrected chi connectivity index (χ3v) is 7.09. The number of carboxylic acids is 1. The predicted octanol–water partition coefficient (Wildman–Crippen LogP) is 5.55. The molecule has 0 spiro atoms. The van der Waals surface area contributed by atoms with E-state index in [1.54, 1.807) is 25.1 Å². The first kappa shape index (κ1) is 25.4. The minimum absolute atomic E-state index is 0.0520. The lowest BCUT2D eigenvalue weighted by Crippen LogP contribution is -2.23. The van der Waals surface area contributed by atoms with E-state index in [2.05, 4.69) is 57.9 Å². The highest BCUT2D eigenvalue weighted by molar-refractivity contribution is 9.13. The monoisotopic (exact) mass is 643 g/mol. The van der Waals surface area contributed by atoms with Crippen LogP contribution in [0.1, 0.15) is 38.1 Å². The molecule has 8 nitrogen and oxygen atoms in total. The molecule has 0 radical (unpaired) electrons.